The average molecular weight is 601 g/mol. The molecule has 0 saturated carbocycles. The van der Waals surface area contributed by atoms with Gasteiger partial charge in [-0.2, -0.15) is 0 Å². The number of rotatable bonds is 17. The van der Waals surface area contributed by atoms with Gasteiger partial charge in [0, 0.05) is 12.2 Å². The first-order chi connectivity index (χ1) is 21.3. The average Bonchev–Trinajstić information content (AvgIpc) is 3.04. The highest BCUT2D eigenvalue weighted by Crippen LogP contribution is 2.28. The smallest absolute Gasteiger partial charge is 0.343 e. The zero-order valence-electron chi connectivity index (χ0n) is 24.8. The lowest BCUT2D eigenvalue weighted by Crippen LogP contribution is -2.11. The first-order valence-corrected chi connectivity index (χ1v) is 14.4. The van der Waals surface area contributed by atoms with Gasteiger partial charge in [0.2, 0.25) is 0 Å². The van der Waals surface area contributed by atoms with Crippen LogP contribution >= 0.6 is 0 Å². The molecule has 3 aromatic carbocycles. The van der Waals surface area contributed by atoms with Crippen LogP contribution in [-0.4, -0.2) is 37.1 Å². The summed E-state index contributed by atoms with van der Waals surface area (Å²) in [5.41, 5.74) is 1.36. The second-order valence-corrected chi connectivity index (χ2v) is 9.61. The van der Waals surface area contributed by atoms with Crippen LogP contribution in [0.2, 0.25) is 0 Å². The Morgan fingerprint density at radius 3 is 1.86 bits per heavy atom. The van der Waals surface area contributed by atoms with Crippen molar-refractivity contribution in [2.75, 3.05) is 13.2 Å². The van der Waals surface area contributed by atoms with Crippen molar-refractivity contribution in [1.82, 2.24) is 0 Å². The number of hydrogen-bond donors (Lipinski definition) is 0. The maximum absolute atomic E-state index is 12.9. The van der Waals surface area contributed by atoms with Gasteiger partial charge in [-0.15, -0.1) is 0 Å². The molecule has 0 heterocycles. The summed E-state index contributed by atoms with van der Waals surface area (Å²) in [4.78, 5) is 48.1. The molecular weight excluding hydrogens is 564 g/mol. The number of benzene rings is 3. The van der Waals surface area contributed by atoms with Gasteiger partial charge in [0.1, 0.15) is 23.0 Å². The minimum absolute atomic E-state index is 0.271. The van der Waals surface area contributed by atoms with Crippen molar-refractivity contribution < 1.29 is 42.9 Å². The van der Waals surface area contributed by atoms with Gasteiger partial charge in [0.05, 0.1) is 24.3 Å². The molecule has 0 aromatic heterocycles. The fourth-order valence-corrected chi connectivity index (χ4v) is 3.93. The van der Waals surface area contributed by atoms with Crippen LogP contribution in [0.4, 0.5) is 0 Å². The van der Waals surface area contributed by atoms with Gasteiger partial charge in [-0.3, -0.25) is 0 Å². The summed E-state index contributed by atoms with van der Waals surface area (Å²) in [5, 5.41) is 0. The molecule has 9 heteroatoms. The van der Waals surface area contributed by atoms with Gasteiger partial charge in [-0.1, -0.05) is 32.9 Å². The number of carbonyl (C=O) groups excluding carboxylic acids is 4. The zero-order valence-corrected chi connectivity index (χ0v) is 24.8. The summed E-state index contributed by atoms with van der Waals surface area (Å²) in [6.45, 7) is 9.53. The van der Waals surface area contributed by atoms with Crippen molar-refractivity contribution in [2.45, 2.75) is 45.4 Å². The summed E-state index contributed by atoms with van der Waals surface area (Å²) in [6.07, 6.45) is 7.02. The number of ether oxygens (including phenoxy) is 5. The van der Waals surface area contributed by atoms with Crippen molar-refractivity contribution in [2.24, 2.45) is 0 Å². The van der Waals surface area contributed by atoms with Crippen molar-refractivity contribution in [3.05, 3.63) is 109 Å². The van der Waals surface area contributed by atoms with Gasteiger partial charge in [0.25, 0.3) is 0 Å². The highest BCUT2D eigenvalue weighted by molar-refractivity contribution is 5.92. The highest BCUT2D eigenvalue weighted by atomic mass is 16.5. The number of esters is 4. The van der Waals surface area contributed by atoms with Crippen LogP contribution in [0.3, 0.4) is 0 Å². The van der Waals surface area contributed by atoms with Crippen molar-refractivity contribution in [1.29, 1.82) is 0 Å². The summed E-state index contributed by atoms with van der Waals surface area (Å²) in [6, 6.07) is 17.5. The number of carbonyl (C=O) groups is 4. The van der Waals surface area contributed by atoms with E-state index in [9.17, 15) is 19.2 Å². The van der Waals surface area contributed by atoms with E-state index in [1.165, 1.54) is 24.3 Å². The molecule has 3 aromatic rings. The molecule has 9 nitrogen and oxygen atoms in total. The molecule has 0 radical (unpaired) electrons. The monoisotopic (exact) mass is 600 g/mol. The fourth-order valence-electron chi connectivity index (χ4n) is 3.93. The van der Waals surface area contributed by atoms with Crippen LogP contribution in [0.1, 0.15) is 65.3 Å². The predicted octanol–water partition coefficient (Wildman–Crippen LogP) is 6.84. The Labute approximate surface area is 257 Å². The highest BCUT2D eigenvalue weighted by Gasteiger charge is 2.16. The lowest BCUT2D eigenvalue weighted by molar-refractivity contribution is -0.138. The normalized spacial score (nSPS) is 10.3. The van der Waals surface area contributed by atoms with Crippen LogP contribution in [0.25, 0.3) is 0 Å². The van der Waals surface area contributed by atoms with Gasteiger partial charge in [-0.25, -0.2) is 19.2 Å². The van der Waals surface area contributed by atoms with E-state index in [0.717, 1.165) is 37.0 Å². The van der Waals surface area contributed by atoms with Crippen LogP contribution in [0.5, 0.6) is 23.0 Å². The Kier molecular flexibility index (Phi) is 13.4. The van der Waals surface area contributed by atoms with E-state index in [2.05, 4.69) is 20.1 Å². The second kappa shape index (κ2) is 17.7. The maximum Gasteiger partial charge on any atom is 0.343 e. The fraction of sp³-hybridized carbons (Fsp3) is 0.257. The molecule has 0 saturated heterocycles. The van der Waals surface area contributed by atoms with Gasteiger partial charge >= 0.3 is 23.9 Å². The molecule has 0 aliphatic heterocycles. The van der Waals surface area contributed by atoms with Crippen molar-refractivity contribution >= 4 is 23.9 Å². The molecule has 0 aliphatic rings. The molecular formula is C35H36O9. The Morgan fingerprint density at radius 1 is 0.636 bits per heavy atom. The first-order valence-electron chi connectivity index (χ1n) is 14.4. The molecule has 0 bridgehead atoms. The van der Waals surface area contributed by atoms with E-state index in [1.54, 1.807) is 42.5 Å². The third kappa shape index (κ3) is 10.9. The van der Waals surface area contributed by atoms with Crippen molar-refractivity contribution in [3.63, 3.8) is 0 Å². The number of unbranched alkanes of at least 4 members (excludes halogenated alkanes) is 3. The lowest BCUT2D eigenvalue weighted by Gasteiger charge is -2.13. The molecule has 0 N–H and O–H groups in total. The summed E-state index contributed by atoms with van der Waals surface area (Å²) in [7, 11) is 0. The molecule has 0 aliphatic carbocycles. The van der Waals surface area contributed by atoms with Gasteiger partial charge < -0.3 is 23.7 Å². The van der Waals surface area contributed by atoms with Crippen LogP contribution in [0.15, 0.2) is 92.0 Å². The van der Waals surface area contributed by atoms with E-state index in [-0.39, 0.29) is 11.3 Å². The van der Waals surface area contributed by atoms with Gasteiger partial charge in [0.15, 0.2) is 0 Å². The minimum atomic E-state index is -0.600. The molecule has 0 unspecified atom stereocenters. The third-order valence-corrected chi connectivity index (χ3v) is 6.28. The number of hydrogen-bond acceptors (Lipinski definition) is 9. The molecule has 44 heavy (non-hydrogen) atoms. The molecule has 230 valence electrons. The SMILES string of the molecule is C=CC(=O)OCCCCOc1ccc(C(=O)Oc2ccc(OC(=O)c3ccc(OC(=O)C=C)cc3)cc2CCCCC)cc1. The first kappa shape index (κ1) is 33.3. The Bertz CT molecular complexity index is 1440. The lowest BCUT2D eigenvalue weighted by atomic mass is 10.1. The van der Waals surface area contributed by atoms with E-state index >= 15 is 0 Å². The molecule has 0 atom stereocenters. The topological polar surface area (TPSA) is 114 Å². The Morgan fingerprint density at radius 2 is 1.23 bits per heavy atom. The van der Waals surface area contributed by atoms with Crippen molar-refractivity contribution in [3.8, 4) is 23.0 Å². The Hall–Kier alpha value is -5.18. The van der Waals surface area contributed by atoms with E-state index in [1.807, 2.05) is 0 Å². The predicted molar refractivity (Wildman–Crippen MR) is 164 cm³/mol. The largest absolute Gasteiger partial charge is 0.494 e. The summed E-state index contributed by atoms with van der Waals surface area (Å²) < 4.78 is 27.0. The molecule has 0 amide bonds. The van der Waals surface area contributed by atoms with Gasteiger partial charge in [-0.05, 0) is 98.0 Å². The zero-order chi connectivity index (χ0) is 31.7. The summed E-state index contributed by atoms with van der Waals surface area (Å²) >= 11 is 0. The van der Waals surface area contributed by atoms with E-state index in [4.69, 9.17) is 23.7 Å². The maximum atomic E-state index is 12.9. The quantitative estimate of drug-likeness (QED) is 0.0711. The van der Waals surface area contributed by atoms with E-state index in [0.29, 0.717) is 55.3 Å². The Balaban J connectivity index is 1.60. The van der Waals surface area contributed by atoms with E-state index < -0.39 is 23.9 Å². The van der Waals surface area contributed by atoms with Crippen LogP contribution in [0, 0.1) is 0 Å². The van der Waals surface area contributed by atoms with Crippen LogP contribution < -0.4 is 18.9 Å². The van der Waals surface area contributed by atoms with Crippen LogP contribution in [-0.2, 0) is 20.7 Å². The summed E-state index contributed by atoms with van der Waals surface area (Å²) in [5.74, 6) is -0.594. The third-order valence-electron chi connectivity index (χ3n) is 6.28. The second-order valence-electron chi connectivity index (χ2n) is 9.61. The number of aryl methyl sites for hydroxylation is 1. The minimum Gasteiger partial charge on any atom is -0.494 e. The molecule has 0 fully saturated rings. The standard InChI is InChI=1S/C35H36O9/c1-4-7-8-11-27-24-30(43-34(38)25-14-18-29(19-15-25)42-33(37)6-3)20-21-31(27)44-35(39)26-12-16-28(17-13-26)40-22-9-10-23-41-32(36)5-2/h5-6,12-21,24H,2-4,7-11,22-23H2,1H3. The molecule has 0 spiro atoms. The molecule has 3 rings (SSSR count).